The van der Waals surface area contributed by atoms with Crippen LogP contribution >= 0.6 is 11.3 Å². The third-order valence-corrected chi connectivity index (χ3v) is 2.01. The zero-order valence-electron chi connectivity index (χ0n) is 5.14. The van der Waals surface area contributed by atoms with Crippen LogP contribution in [-0.4, -0.2) is 17.4 Å². The molecule has 10 heavy (non-hydrogen) atoms. The second-order valence-electron chi connectivity index (χ2n) is 1.84. The smallest absolute Gasteiger partial charge is 0.191 e. The van der Waals surface area contributed by atoms with Crippen molar-refractivity contribution in [2.24, 2.45) is 9.98 Å². The van der Waals surface area contributed by atoms with Crippen molar-refractivity contribution in [3.8, 4) is 0 Å². The number of thiazole rings is 1. The highest BCUT2D eigenvalue weighted by molar-refractivity contribution is 7.09. The molecule has 0 radical (unpaired) electrons. The van der Waals surface area contributed by atoms with Crippen molar-refractivity contribution in [3.63, 3.8) is 0 Å². The Balaban J connectivity index is 2.29. The molecule has 0 unspecified atom stereocenters. The number of rotatable bonds is 1. The molecule has 2 heterocycles. The lowest BCUT2D eigenvalue weighted by Crippen LogP contribution is -1.84. The maximum Gasteiger partial charge on any atom is 0.191 e. The Morgan fingerprint density at radius 1 is 1.30 bits per heavy atom. The third-order valence-electron chi connectivity index (χ3n) is 1.19. The maximum absolute atomic E-state index is 4.09. The Hall–Kier alpha value is -1.03. The summed E-state index contributed by atoms with van der Waals surface area (Å²) in [4.78, 5) is 12.2. The monoisotopic (exact) mass is 151 g/mol. The summed E-state index contributed by atoms with van der Waals surface area (Å²) in [6.45, 7) is 0. The predicted molar refractivity (Wildman–Crippen MR) is 41.8 cm³/mol. The van der Waals surface area contributed by atoms with E-state index >= 15 is 0 Å². The van der Waals surface area contributed by atoms with Crippen molar-refractivity contribution in [3.05, 3.63) is 16.6 Å². The van der Waals surface area contributed by atoms with Gasteiger partial charge in [0, 0.05) is 24.0 Å². The van der Waals surface area contributed by atoms with Gasteiger partial charge in [-0.2, -0.15) is 0 Å². The van der Waals surface area contributed by atoms with Gasteiger partial charge >= 0.3 is 0 Å². The fraction of sp³-hybridized carbons (Fsp3) is 0.167. The number of hydrogen-bond acceptors (Lipinski definition) is 4. The van der Waals surface area contributed by atoms with Gasteiger partial charge in [-0.1, -0.05) is 0 Å². The van der Waals surface area contributed by atoms with Crippen LogP contribution in [0.15, 0.2) is 21.6 Å². The van der Waals surface area contributed by atoms with Crippen molar-refractivity contribution in [1.29, 1.82) is 0 Å². The zero-order chi connectivity index (χ0) is 6.81. The van der Waals surface area contributed by atoms with Gasteiger partial charge in [0.25, 0.3) is 0 Å². The summed E-state index contributed by atoms with van der Waals surface area (Å²) in [6, 6.07) is 0. The summed E-state index contributed by atoms with van der Waals surface area (Å²) in [5.74, 6) is 0. The molecule has 50 valence electrons. The van der Waals surface area contributed by atoms with Crippen molar-refractivity contribution < 1.29 is 0 Å². The lowest BCUT2D eigenvalue weighted by atomic mass is 10.6. The van der Waals surface area contributed by atoms with Gasteiger partial charge < -0.3 is 0 Å². The molecule has 4 heteroatoms. The van der Waals surface area contributed by atoms with Gasteiger partial charge in [0.2, 0.25) is 0 Å². The maximum atomic E-state index is 4.09. The molecule has 0 aromatic carbocycles. The van der Waals surface area contributed by atoms with Crippen molar-refractivity contribution in [1.82, 2.24) is 4.98 Å². The second kappa shape index (κ2) is 2.30. The first-order chi connectivity index (χ1) is 4.97. The fourth-order valence-electron chi connectivity index (χ4n) is 0.768. The molecular weight excluding hydrogens is 146 g/mol. The first-order valence-electron chi connectivity index (χ1n) is 2.91. The van der Waals surface area contributed by atoms with E-state index in [2.05, 4.69) is 15.0 Å². The minimum atomic E-state index is -0.0556. The lowest BCUT2D eigenvalue weighted by Gasteiger charge is -1.95. The van der Waals surface area contributed by atoms with E-state index < -0.39 is 0 Å². The quantitative estimate of drug-likeness (QED) is 0.596. The SMILES string of the molecule is C1=NC(c2nccs2)N=C1. The van der Waals surface area contributed by atoms with Crippen LogP contribution in [0.25, 0.3) is 0 Å². The number of aliphatic imine (C=N–C) groups is 2. The van der Waals surface area contributed by atoms with Gasteiger partial charge in [0.1, 0.15) is 5.01 Å². The Bertz CT molecular complexity index is 251. The van der Waals surface area contributed by atoms with E-state index in [1.165, 1.54) is 0 Å². The van der Waals surface area contributed by atoms with Crippen LogP contribution in [0.3, 0.4) is 0 Å². The minimum Gasteiger partial charge on any atom is -0.258 e. The van der Waals surface area contributed by atoms with Gasteiger partial charge in [0.15, 0.2) is 6.17 Å². The average molecular weight is 151 g/mol. The Morgan fingerprint density at radius 2 is 2.10 bits per heavy atom. The third kappa shape index (κ3) is 0.863. The van der Waals surface area contributed by atoms with Gasteiger partial charge in [-0.3, -0.25) is 9.98 Å². The molecule has 3 nitrogen and oxygen atoms in total. The summed E-state index contributed by atoms with van der Waals surface area (Å²) in [5.41, 5.74) is 0. The molecule has 1 aliphatic heterocycles. The van der Waals surface area contributed by atoms with Crippen molar-refractivity contribution in [2.75, 3.05) is 0 Å². The van der Waals surface area contributed by atoms with Crippen LogP contribution in [0.2, 0.25) is 0 Å². The van der Waals surface area contributed by atoms with Gasteiger partial charge in [-0.25, -0.2) is 4.98 Å². The molecule has 0 atom stereocenters. The van der Waals surface area contributed by atoms with E-state index in [4.69, 9.17) is 0 Å². The Labute approximate surface area is 62.2 Å². The molecule has 0 saturated heterocycles. The van der Waals surface area contributed by atoms with Crippen molar-refractivity contribution >= 4 is 23.8 Å². The molecule has 0 bridgehead atoms. The Kier molecular flexibility index (Phi) is 1.32. The predicted octanol–water partition coefficient (Wildman–Crippen LogP) is 1.30. The highest BCUT2D eigenvalue weighted by Crippen LogP contribution is 2.21. The van der Waals surface area contributed by atoms with E-state index in [0.29, 0.717) is 0 Å². The molecule has 0 aliphatic carbocycles. The molecule has 0 saturated carbocycles. The number of aromatic nitrogens is 1. The van der Waals surface area contributed by atoms with Crippen LogP contribution in [-0.2, 0) is 0 Å². The standard InChI is InChI=1S/C6H5N3S/c1-2-8-5(7-1)6-9-3-4-10-6/h1-5H. The zero-order valence-corrected chi connectivity index (χ0v) is 5.95. The highest BCUT2D eigenvalue weighted by Gasteiger charge is 2.10. The molecule has 0 spiro atoms. The average Bonchev–Trinajstić information content (AvgIpc) is 2.59. The van der Waals surface area contributed by atoms with E-state index in [0.717, 1.165) is 5.01 Å². The van der Waals surface area contributed by atoms with Crippen LogP contribution < -0.4 is 0 Å². The van der Waals surface area contributed by atoms with Gasteiger partial charge in [-0.15, -0.1) is 11.3 Å². The van der Waals surface area contributed by atoms with Crippen LogP contribution in [0, 0.1) is 0 Å². The summed E-state index contributed by atoms with van der Waals surface area (Å²) < 4.78 is 0. The van der Waals surface area contributed by atoms with Crippen LogP contribution in [0.4, 0.5) is 0 Å². The van der Waals surface area contributed by atoms with E-state index in [1.54, 1.807) is 30.0 Å². The fourth-order valence-corrected chi connectivity index (χ4v) is 1.39. The van der Waals surface area contributed by atoms with Crippen LogP contribution in [0.5, 0.6) is 0 Å². The molecule has 1 aromatic heterocycles. The largest absolute Gasteiger partial charge is 0.258 e. The molecular formula is C6H5N3S. The normalized spacial score (nSPS) is 16.8. The summed E-state index contributed by atoms with van der Waals surface area (Å²) in [6.07, 6.45) is 5.11. The minimum absolute atomic E-state index is 0.0556. The molecule has 1 aliphatic rings. The van der Waals surface area contributed by atoms with E-state index in [9.17, 15) is 0 Å². The first kappa shape index (κ1) is 5.73. The molecule has 0 amide bonds. The lowest BCUT2D eigenvalue weighted by molar-refractivity contribution is 0.791. The highest BCUT2D eigenvalue weighted by atomic mass is 32.1. The summed E-state index contributed by atoms with van der Waals surface area (Å²) in [7, 11) is 0. The molecule has 1 aromatic rings. The van der Waals surface area contributed by atoms with E-state index in [-0.39, 0.29) is 6.17 Å². The summed E-state index contributed by atoms with van der Waals surface area (Å²) in [5, 5.41) is 2.89. The summed E-state index contributed by atoms with van der Waals surface area (Å²) >= 11 is 1.58. The van der Waals surface area contributed by atoms with Gasteiger partial charge in [0.05, 0.1) is 0 Å². The molecule has 0 fully saturated rings. The second-order valence-corrected chi connectivity index (χ2v) is 2.77. The number of nitrogens with zero attached hydrogens (tertiary/aromatic N) is 3. The first-order valence-corrected chi connectivity index (χ1v) is 3.79. The topological polar surface area (TPSA) is 37.6 Å². The van der Waals surface area contributed by atoms with Gasteiger partial charge in [-0.05, 0) is 0 Å². The van der Waals surface area contributed by atoms with Crippen LogP contribution in [0.1, 0.15) is 11.2 Å². The Morgan fingerprint density at radius 3 is 2.70 bits per heavy atom. The van der Waals surface area contributed by atoms with Crippen molar-refractivity contribution in [2.45, 2.75) is 6.17 Å². The molecule has 0 N–H and O–H groups in total. The number of hydrogen-bond donors (Lipinski definition) is 0. The van der Waals surface area contributed by atoms with E-state index in [1.807, 2.05) is 5.38 Å². The molecule has 2 rings (SSSR count).